The van der Waals surface area contributed by atoms with Crippen molar-refractivity contribution < 1.29 is 4.74 Å². The molecule has 5 nitrogen and oxygen atoms in total. The average Bonchev–Trinajstić information content (AvgIpc) is 2.67. The Morgan fingerprint density at radius 1 is 1.19 bits per heavy atom. The largest absolute Gasteiger partial charge is 0.382 e. The monoisotopic (exact) mass is 313 g/mol. The van der Waals surface area contributed by atoms with Gasteiger partial charge in [0, 0.05) is 33.9 Å². The molecule has 0 saturated heterocycles. The lowest BCUT2D eigenvalue weighted by molar-refractivity contribution is 0.144. The summed E-state index contributed by atoms with van der Waals surface area (Å²) in [6.07, 6.45) is 1.01. The first-order valence-electron chi connectivity index (χ1n) is 7.08. The number of nitrogens with one attached hydrogen (secondary N) is 1. The molecule has 2 aromatic rings. The number of imidazole rings is 1. The predicted molar refractivity (Wildman–Crippen MR) is 88.2 cm³/mol. The van der Waals surface area contributed by atoms with Gasteiger partial charge in [-0.15, -0.1) is 12.4 Å². The molecule has 0 atom stereocenters. The van der Waals surface area contributed by atoms with Crippen LogP contribution in [0.3, 0.4) is 0 Å². The van der Waals surface area contributed by atoms with Crippen LogP contribution >= 0.6 is 12.4 Å². The van der Waals surface area contributed by atoms with Crippen molar-refractivity contribution in [3.05, 3.63) is 34.2 Å². The Morgan fingerprint density at radius 3 is 2.62 bits per heavy atom. The van der Waals surface area contributed by atoms with E-state index in [-0.39, 0.29) is 18.1 Å². The Kier molecular flexibility index (Phi) is 6.95. The van der Waals surface area contributed by atoms with Gasteiger partial charge in [-0.2, -0.15) is 0 Å². The Bertz CT molecular complexity index is 634. The molecule has 0 saturated carbocycles. The maximum absolute atomic E-state index is 11.9. The number of hydrogen-bond acceptors (Lipinski definition) is 3. The van der Waals surface area contributed by atoms with Crippen molar-refractivity contribution in [3.8, 4) is 0 Å². The highest BCUT2D eigenvalue weighted by Crippen LogP contribution is 2.13. The molecular weight excluding hydrogens is 290 g/mol. The van der Waals surface area contributed by atoms with Crippen LogP contribution in [0, 0.1) is 0 Å². The second-order valence-corrected chi connectivity index (χ2v) is 4.95. The first-order chi connectivity index (χ1) is 9.65. The highest BCUT2D eigenvalue weighted by atomic mass is 35.5. The van der Waals surface area contributed by atoms with Gasteiger partial charge in [-0.05, 0) is 37.6 Å². The molecule has 2 rings (SSSR count). The van der Waals surface area contributed by atoms with E-state index in [1.165, 1.54) is 5.56 Å². The van der Waals surface area contributed by atoms with E-state index in [2.05, 4.69) is 17.4 Å². The van der Waals surface area contributed by atoms with Gasteiger partial charge in [-0.3, -0.25) is 9.13 Å². The number of aryl methyl sites for hydroxylation is 2. The van der Waals surface area contributed by atoms with Crippen LogP contribution in [0.1, 0.15) is 18.9 Å². The fraction of sp³-hybridized carbons (Fsp3) is 0.533. The summed E-state index contributed by atoms with van der Waals surface area (Å²) in [4.78, 5) is 11.9. The summed E-state index contributed by atoms with van der Waals surface area (Å²) in [5, 5.41) is 3.39. The van der Waals surface area contributed by atoms with Crippen LogP contribution in [0.2, 0.25) is 0 Å². The molecule has 1 N–H and O–H groups in total. The molecule has 0 aliphatic rings. The number of hydrogen-bond donors (Lipinski definition) is 1. The number of rotatable bonds is 7. The fourth-order valence-corrected chi connectivity index (χ4v) is 2.34. The summed E-state index contributed by atoms with van der Waals surface area (Å²) in [7, 11) is 3.61. The third-order valence-corrected chi connectivity index (χ3v) is 3.51. The molecule has 0 aliphatic heterocycles. The lowest BCUT2D eigenvalue weighted by atomic mass is 10.2. The number of ether oxygens (including phenoxy) is 1. The van der Waals surface area contributed by atoms with Crippen LogP contribution in [0.4, 0.5) is 0 Å². The summed E-state index contributed by atoms with van der Waals surface area (Å²) in [5.41, 5.74) is 3.15. The molecule has 1 heterocycles. The Balaban J connectivity index is 0.00000220. The highest BCUT2D eigenvalue weighted by Gasteiger charge is 2.07. The first kappa shape index (κ1) is 17.8. The second kappa shape index (κ2) is 8.22. The molecule has 0 unspecified atom stereocenters. The number of benzene rings is 1. The second-order valence-electron chi connectivity index (χ2n) is 4.95. The third-order valence-electron chi connectivity index (χ3n) is 3.51. The molecule has 0 radical (unpaired) electrons. The zero-order chi connectivity index (χ0) is 14.5. The zero-order valence-electron chi connectivity index (χ0n) is 12.9. The van der Waals surface area contributed by atoms with Gasteiger partial charge in [-0.25, -0.2) is 4.79 Å². The smallest absolute Gasteiger partial charge is 0.328 e. The quantitative estimate of drug-likeness (QED) is 0.793. The standard InChI is InChI=1S/C15H23N3O2.ClH/c1-4-20-9-5-8-16-11-12-6-7-13-14(10-12)18(3)15(19)17(13)2;/h6-7,10,16H,4-5,8-9,11H2,1-3H3;1H. The number of nitrogens with zero attached hydrogens (tertiary/aromatic N) is 2. The molecule has 6 heteroatoms. The van der Waals surface area contributed by atoms with Crippen molar-refractivity contribution in [2.24, 2.45) is 14.1 Å². The molecule has 118 valence electrons. The van der Waals surface area contributed by atoms with Gasteiger partial charge in [0.05, 0.1) is 11.0 Å². The van der Waals surface area contributed by atoms with Crippen molar-refractivity contribution >= 4 is 23.4 Å². The molecule has 21 heavy (non-hydrogen) atoms. The van der Waals surface area contributed by atoms with Crippen molar-refractivity contribution in [2.45, 2.75) is 19.9 Å². The van der Waals surface area contributed by atoms with Crippen LogP contribution in [-0.4, -0.2) is 28.9 Å². The van der Waals surface area contributed by atoms with Gasteiger partial charge in [-0.1, -0.05) is 6.07 Å². The summed E-state index contributed by atoms with van der Waals surface area (Å²) in [5.74, 6) is 0. The first-order valence-corrected chi connectivity index (χ1v) is 7.08. The third kappa shape index (κ3) is 4.09. The van der Waals surface area contributed by atoms with Crippen LogP contribution in [0.5, 0.6) is 0 Å². The van der Waals surface area contributed by atoms with Crippen LogP contribution < -0.4 is 11.0 Å². The molecule has 1 aromatic carbocycles. The fourth-order valence-electron chi connectivity index (χ4n) is 2.34. The van der Waals surface area contributed by atoms with Crippen LogP contribution in [0.15, 0.2) is 23.0 Å². The van der Waals surface area contributed by atoms with Gasteiger partial charge in [0.2, 0.25) is 0 Å². The molecule has 1 aromatic heterocycles. The number of aromatic nitrogens is 2. The summed E-state index contributed by atoms with van der Waals surface area (Å²) in [6, 6.07) is 6.15. The molecule has 0 spiro atoms. The van der Waals surface area contributed by atoms with Gasteiger partial charge in [0.25, 0.3) is 0 Å². The van der Waals surface area contributed by atoms with Gasteiger partial charge < -0.3 is 10.1 Å². The topological polar surface area (TPSA) is 48.2 Å². The number of fused-ring (bicyclic) bond motifs is 1. The Labute approximate surface area is 131 Å². The van der Waals surface area contributed by atoms with E-state index in [1.54, 1.807) is 16.2 Å². The van der Waals surface area contributed by atoms with Gasteiger partial charge >= 0.3 is 5.69 Å². The van der Waals surface area contributed by atoms with E-state index < -0.39 is 0 Å². The minimum Gasteiger partial charge on any atom is -0.382 e. The van der Waals surface area contributed by atoms with E-state index in [0.717, 1.165) is 43.8 Å². The number of halogens is 1. The molecule has 0 aliphatic carbocycles. The maximum Gasteiger partial charge on any atom is 0.328 e. The van der Waals surface area contributed by atoms with Crippen LogP contribution in [-0.2, 0) is 25.4 Å². The van der Waals surface area contributed by atoms with Crippen molar-refractivity contribution in [3.63, 3.8) is 0 Å². The molecule has 0 bridgehead atoms. The van der Waals surface area contributed by atoms with Crippen molar-refractivity contribution in [1.82, 2.24) is 14.5 Å². The van der Waals surface area contributed by atoms with Crippen LogP contribution in [0.25, 0.3) is 11.0 Å². The molecule has 0 fully saturated rings. The van der Waals surface area contributed by atoms with Crippen molar-refractivity contribution in [2.75, 3.05) is 19.8 Å². The van der Waals surface area contributed by atoms with E-state index >= 15 is 0 Å². The minimum absolute atomic E-state index is 0. The average molecular weight is 314 g/mol. The minimum atomic E-state index is 0. The van der Waals surface area contributed by atoms with E-state index in [4.69, 9.17) is 4.74 Å². The normalized spacial score (nSPS) is 10.8. The lowest BCUT2D eigenvalue weighted by Crippen LogP contribution is -2.19. The summed E-state index contributed by atoms with van der Waals surface area (Å²) in [6.45, 7) is 5.33. The summed E-state index contributed by atoms with van der Waals surface area (Å²) >= 11 is 0. The molecular formula is C15H24ClN3O2. The summed E-state index contributed by atoms with van der Waals surface area (Å²) < 4.78 is 8.66. The zero-order valence-corrected chi connectivity index (χ0v) is 13.7. The van der Waals surface area contributed by atoms with E-state index in [0.29, 0.717) is 0 Å². The van der Waals surface area contributed by atoms with E-state index in [1.807, 2.05) is 20.0 Å². The molecule has 0 amide bonds. The SMILES string of the molecule is CCOCCCNCc1ccc2c(c1)n(C)c(=O)n2C.Cl. The highest BCUT2D eigenvalue weighted by molar-refractivity contribution is 5.85. The maximum atomic E-state index is 11.9. The van der Waals surface area contributed by atoms with Crippen molar-refractivity contribution in [1.29, 1.82) is 0 Å². The van der Waals surface area contributed by atoms with E-state index in [9.17, 15) is 4.79 Å². The van der Waals surface area contributed by atoms with Gasteiger partial charge in [0.15, 0.2) is 0 Å². The Hall–Kier alpha value is -1.30. The van der Waals surface area contributed by atoms with Gasteiger partial charge in [0.1, 0.15) is 0 Å². The Morgan fingerprint density at radius 2 is 1.90 bits per heavy atom. The lowest BCUT2D eigenvalue weighted by Gasteiger charge is -2.06. The predicted octanol–water partition coefficient (Wildman–Crippen LogP) is 1.81.